The Bertz CT molecular complexity index is 602. The monoisotopic (exact) mass is 359 g/mol. The van der Waals surface area contributed by atoms with E-state index in [9.17, 15) is 9.59 Å². The first-order valence-electron chi connectivity index (χ1n) is 9.69. The number of benzene rings is 1. The van der Waals surface area contributed by atoms with Gasteiger partial charge < -0.3 is 15.5 Å². The van der Waals surface area contributed by atoms with E-state index in [0.29, 0.717) is 6.04 Å². The van der Waals surface area contributed by atoms with Crippen molar-refractivity contribution in [3.05, 3.63) is 35.9 Å². The SMILES string of the molecule is NCC(=O)ONC(=O)C(c1ccccc1)C1CCCCC1N1CCCC1. The second kappa shape index (κ2) is 9.14. The molecular formula is C20H29N3O3. The van der Waals surface area contributed by atoms with Crippen molar-refractivity contribution >= 4 is 11.9 Å². The standard InChI is InChI=1S/C20H29N3O3/c21-14-18(24)26-22-20(25)19(15-8-2-1-3-9-15)16-10-4-5-11-17(16)23-12-6-7-13-23/h1-3,8-9,16-17,19H,4-7,10-14,21H2,(H,22,25). The van der Waals surface area contributed by atoms with Gasteiger partial charge in [0.05, 0.1) is 12.5 Å². The first kappa shape index (κ1) is 18.9. The number of likely N-dealkylation sites (tertiary alicyclic amines) is 1. The minimum atomic E-state index is -0.634. The molecule has 6 nitrogen and oxygen atoms in total. The molecule has 0 spiro atoms. The van der Waals surface area contributed by atoms with Gasteiger partial charge in [0, 0.05) is 6.04 Å². The molecule has 1 aliphatic carbocycles. The van der Waals surface area contributed by atoms with Crippen LogP contribution in [0.25, 0.3) is 0 Å². The fourth-order valence-electron chi connectivity index (χ4n) is 4.52. The largest absolute Gasteiger partial charge is 0.345 e. The number of hydrogen-bond acceptors (Lipinski definition) is 5. The Balaban J connectivity index is 1.83. The number of nitrogens with zero attached hydrogens (tertiary/aromatic N) is 1. The molecule has 2 fully saturated rings. The van der Waals surface area contributed by atoms with Gasteiger partial charge in [-0.05, 0) is 50.3 Å². The molecule has 1 aromatic rings. The molecule has 3 unspecified atom stereocenters. The molecule has 1 heterocycles. The highest BCUT2D eigenvalue weighted by molar-refractivity contribution is 5.84. The third-order valence-corrected chi connectivity index (χ3v) is 5.69. The third-order valence-electron chi connectivity index (χ3n) is 5.69. The summed E-state index contributed by atoms with van der Waals surface area (Å²) in [5, 5.41) is 0. The van der Waals surface area contributed by atoms with Crippen LogP contribution in [0, 0.1) is 5.92 Å². The Morgan fingerprint density at radius 1 is 1.12 bits per heavy atom. The maximum atomic E-state index is 13.0. The molecule has 1 aliphatic heterocycles. The van der Waals surface area contributed by atoms with Gasteiger partial charge in [0.1, 0.15) is 0 Å². The summed E-state index contributed by atoms with van der Waals surface area (Å²) in [6, 6.07) is 10.2. The average Bonchev–Trinajstić information content (AvgIpc) is 3.22. The van der Waals surface area contributed by atoms with Crippen molar-refractivity contribution in [2.24, 2.45) is 11.7 Å². The van der Waals surface area contributed by atoms with Crippen molar-refractivity contribution in [3.8, 4) is 0 Å². The van der Waals surface area contributed by atoms with Crippen molar-refractivity contribution in [2.75, 3.05) is 19.6 Å². The van der Waals surface area contributed by atoms with Crippen molar-refractivity contribution in [1.82, 2.24) is 10.4 Å². The van der Waals surface area contributed by atoms with Crippen LogP contribution < -0.4 is 11.2 Å². The number of nitrogens with one attached hydrogen (secondary N) is 1. The Morgan fingerprint density at radius 2 is 1.81 bits per heavy atom. The van der Waals surface area contributed by atoms with E-state index >= 15 is 0 Å². The molecule has 6 heteroatoms. The minimum Gasteiger partial charge on any atom is -0.339 e. The molecule has 142 valence electrons. The van der Waals surface area contributed by atoms with E-state index in [1.54, 1.807) is 0 Å². The molecule has 3 N–H and O–H groups in total. The number of carbonyl (C=O) groups is 2. The number of hydroxylamine groups is 1. The zero-order valence-electron chi connectivity index (χ0n) is 15.2. The van der Waals surface area contributed by atoms with Gasteiger partial charge >= 0.3 is 5.97 Å². The maximum Gasteiger partial charge on any atom is 0.345 e. The first-order chi connectivity index (χ1) is 12.7. The summed E-state index contributed by atoms with van der Waals surface area (Å²) < 4.78 is 0. The van der Waals surface area contributed by atoms with Crippen LogP contribution >= 0.6 is 0 Å². The molecule has 2 aliphatic rings. The molecular weight excluding hydrogens is 330 g/mol. The second-order valence-corrected chi connectivity index (χ2v) is 7.29. The number of carbonyl (C=O) groups excluding carboxylic acids is 2. The maximum absolute atomic E-state index is 13.0. The highest BCUT2D eigenvalue weighted by Gasteiger charge is 2.40. The van der Waals surface area contributed by atoms with Crippen LogP contribution in [-0.2, 0) is 14.4 Å². The van der Waals surface area contributed by atoms with Crippen molar-refractivity contribution < 1.29 is 14.4 Å². The van der Waals surface area contributed by atoms with Crippen molar-refractivity contribution in [2.45, 2.75) is 50.5 Å². The van der Waals surface area contributed by atoms with Crippen LogP contribution in [0.15, 0.2) is 30.3 Å². The van der Waals surface area contributed by atoms with Crippen LogP contribution in [0.4, 0.5) is 0 Å². The van der Waals surface area contributed by atoms with Gasteiger partial charge in [-0.3, -0.25) is 4.79 Å². The zero-order valence-corrected chi connectivity index (χ0v) is 15.2. The van der Waals surface area contributed by atoms with E-state index in [4.69, 9.17) is 10.6 Å². The minimum absolute atomic E-state index is 0.223. The molecule has 1 saturated heterocycles. The van der Waals surface area contributed by atoms with Crippen LogP contribution in [0.2, 0.25) is 0 Å². The summed E-state index contributed by atoms with van der Waals surface area (Å²) in [4.78, 5) is 31.7. The number of nitrogens with two attached hydrogens (primary N) is 1. The van der Waals surface area contributed by atoms with Crippen molar-refractivity contribution in [1.29, 1.82) is 0 Å². The summed E-state index contributed by atoms with van der Waals surface area (Å²) >= 11 is 0. The highest BCUT2D eigenvalue weighted by Crippen LogP contribution is 2.40. The van der Waals surface area contributed by atoms with Gasteiger partial charge in [-0.15, -0.1) is 0 Å². The van der Waals surface area contributed by atoms with E-state index in [2.05, 4.69) is 10.4 Å². The van der Waals surface area contributed by atoms with Crippen LogP contribution in [-0.4, -0.2) is 42.5 Å². The van der Waals surface area contributed by atoms with Crippen LogP contribution in [0.1, 0.15) is 50.0 Å². The van der Waals surface area contributed by atoms with Gasteiger partial charge in [0.2, 0.25) is 0 Å². The molecule has 3 rings (SSSR count). The number of amides is 1. The van der Waals surface area contributed by atoms with E-state index in [1.807, 2.05) is 30.3 Å². The zero-order chi connectivity index (χ0) is 18.4. The molecule has 1 aromatic carbocycles. The lowest BCUT2D eigenvalue weighted by molar-refractivity contribution is -0.158. The van der Waals surface area contributed by atoms with E-state index in [0.717, 1.165) is 37.9 Å². The predicted molar refractivity (Wildman–Crippen MR) is 99.0 cm³/mol. The lowest BCUT2D eigenvalue weighted by atomic mass is 9.73. The molecule has 0 bridgehead atoms. The summed E-state index contributed by atoms with van der Waals surface area (Å²) in [6.45, 7) is 1.98. The normalized spacial score (nSPS) is 24.8. The Kier molecular flexibility index (Phi) is 6.63. The van der Waals surface area contributed by atoms with Gasteiger partial charge in [-0.25, -0.2) is 4.79 Å². The lowest BCUT2D eigenvalue weighted by Gasteiger charge is -2.41. The van der Waals surface area contributed by atoms with Gasteiger partial charge in [-0.1, -0.05) is 43.2 Å². The van der Waals surface area contributed by atoms with E-state index in [-0.39, 0.29) is 24.3 Å². The quantitative estimate of drug-likeness (QED) is 0.785. The predicted octanol–water partition coefficient (Wildman–Crippen LogP) is 1.96. The Labute approximate surface area is 155 Å². The Morgan fingerprint density at radius 3 is 2.50 bits per heavy atom. The van der Waals surface area contributed by atoms with Gasteiger partial charge in [-0.2, -0.15) is 5.48 Å². The molecule has 1 saturated carbocycles. The highest BCUT2D eigenvalue weighted by atomic mass is 16.7. The van der Waals surface area contributed by atoms with Gasteiger partial charge in [0.25, 0.3) is 5.91 Å². The van der Waals surface area contributed by atoms with Crippen LogP contribution in [0.3, 0.4) is 0 Å². The average molecular weight is 359 g/mol. The molecule has 26 heavy (non-hydrogen) atoms. The fraction of sp³-hybridized carbons (Fsp3) is 0.600. The number of hydrogen-bond donors (Lipinski definition) is 2. The summed E-state index contributed by atoms with van der Waals surface area (Å²) in [5.41, 5.74) is 8.59. The van der Waals surface area contributed by atoms with E-state index in [1.165, 1.54) is 19.3 Å². The van der Waals surface area contributed by atoms with Crippen LogP contribution in [0.5, 0.6) is 0 Å². The smallest absolute Gasteiger partial charge is 0.339 e. The molecule has 0 aromatic heterocycles. The molecule has 1 amide bonds. The molecule has 3 atom stereocenters. The van der Waals surface area contributed by atoms with E-state index < -0.39 is 5.97 Å². The lowest BCUT2D eigenvalue weighted by Crippen LogP contribution is -2.47. The topological polar surface area (TPSA) is 84.7 Å². The van der Waals surface area contributed by atoms with Gasteiger partial charge in [0.15, 0.2) is 0 Å². The third kappa shape index (κ3) is 4.43. The fourth-order valence-corrected chi connectivity index (χ4v) is 4.52. The number of rotatable bonds is 5. The second-order valence-electron chi connectivity index (χ2n) is 7.29. The first-order valence-corrected chi connectivity index (χ1v) is 9.69. The summed E-state index contributed by atoms with van der Waals surface area (Å²) in [5.74, 6) is -0.993. The molecule has 0 radical (unpaired) electrons. The van der Waals surface area contributed by atoms with Crippen molar-refractivity contribution in [3.63, 3.8) is 0 Å². The summed E-state index contributed by atoms with van der Waals surface area (Å²) in [6.07, 6.45) is 6.96. The summed E-state index contributed by atoms with van der Waals surface area (Å²) in [7, 11) is 0. The Hall–Kier alpha value is -1.92.